The Hall–Kier alpha value is -1.69. The first-order valence-electron chi connectivity index (χ1n) is 4.63. The fourth-order valence-electron chi connectivity index (χ4n) is 1.22. The van der Waals surface area contributed by atoms with E-state index in [1.165, 1.54) is 13.2 Å². The highest BCUT2D eigenvalue weighted by Crippen LogP contribution is 2.22. The third-order valence-electron chi connectivity index (χ3n) is 2.06. The number of thiocarbonyl (C=S) groups is 1. The molecule has 0 aliphatic carbocycles. The Balaban J connectivity index is 3.21. The standard InChI is InChI=1S/C10H7ClFN3O2S/c1-17-9(16)3-5-2-6(10(18)14-15-13)8(12)4-7(5)11/h2,4H,3H2,1H3. The number of halogens is 2. The van der Waals surface area contributed by atoms with Crippen molar-refractivity contribution in [2.45, 2.75) is 6.42 Å². The molecule has 0 saturated heterocycles. The minimum atomic E-state index is -0.717. The van der Waals surface area contributed by atoms with Gasteiger partial charge < -0.3 is 4.74 Å². The van der Waals surface area contributed by atoms with Gasteiger partial charge in [-0.15, -0.1) is 0 Å². The van der Waals surface area contributed by atoms with E-state index in [9.17, 15) is 9.18 Å². The summed E-state index contributed by atoms with van der Waals surface area (Å²) < 4.78 is 18.0. The van der Waals surface area contributed by atoms with Crippen molar-refractivity contribution >= 4 is 34.8 Å². The number of azide groups is 1. The molecule has 0 fully saturated rings. The Morgan fingerprint density at radius 2 is 2.33 bits per heavy atom. The van der Waals surface area contributed by atoms with E-state index in [0.717, 1.165) is 6.07 Å². The predicted octanol–water partition coefficient (Wildman–Crippen LogP) is 3.18. The molecular formula is C10H7ClFN3O2S. The van der Waals surface area contributed by atoms with Gasteiger partial charge in [-0.25, -0.2) is 4.39 Å². The molecule has 0 unspecified atom stereocenters. The zero-order chi connectivity index (χ0) is 13.7. The molecule has 0 saturated carbocycles. The molecule has 0 bridgehead atoms. The molecule has 5 nitrogen and oxygen atoms in total. The van der Waals surface area contributed by atoms with Crippen molar-refractivity contribution in [3.05, 3.63) is 44.5 Å². The number of rotatable bonds is 3. The molecule has 0 spiro atoms. The Morgan fingerprint density at radius 3 is 2.89 bits per heavy atom. The molecule has 94 valence electrons. The summed E-state index contributed by atoms with van der Waals surface area (Å²) >= 11 is 10.5. The van der Waals surface area contributed by atoms with Gasteiger partial charge in [0.1, 0.15) is 10.8 Å². The number of hydrogen-bond donors (Lipinski definition) is 0. The fraction of sp³-hybridized carbons (Fsp3) is 0.200. The van der Waals surface area contributed by atoms with E-state index in [1.807, 2.05) is 0 Å². The van der Waals surface area contributed by atoms with E-state index in [2.05, 4.69) is 14.8 Å². The third-order valence-corrected chi connectivity index (χ3v) is 2.72. The highest BCUT2D eigenvalue weighted by Gasteiger charge is 2.14. The molecule has 0 amide bonds. The molecule has 1 aromatic rings. The highest BCUT2D eigenvalue weighted by molar-refractivity contribution is 7.80. The molecule has 1 rings (SSSR count). The second-order valence-electron chi connectivity index (χ2n) is 3.17. The number of carbonyl (C=O) groups excluding carboxylic acids is 1. The van der Waals surface area contributed by atoms with Crippen LogP contribution < -0.4 is 0 Å². The molecule has 1 aromatic carbocycles. The third kappa shape index (κ3) is 3.40. The summed E-state index contributed by atoms with van der Waals surface area (Å²) in [6.45, 7) is 0. The number of hydrogen-bond acceptors (Lipinski definition) is 3. The summed E-state index contributed by atoms with van der Waals surface area (Å²) in [6.07, 6.45) is -0.124. The van der Waals surface area contributed by atoms with Crippen molar-refractivity contribution in [3.63, 3.8) is 0 Å². The smallest absolute Gasteiger partial charge is 0.310 e. The quantitative estimate of drug-likeness (QED) is 0.282. The average molecular weight is 288 g/mol. The summed E-state index contributed by atoms with van der Waals surface area (Å²) in [5.74, 6) is -1.24. The Bertz CT molecular complexity index is 558. The Kier molecular flexibility index (Phi) is 5.03. The molecule has 0 radical (unpaired) electrons. The minimum absolute atomic E-state index is 0.0744. The minimum Gasteiger partial charge on any atom is -0.469 e. The van der Waals surface area contributed by atoms with Gasteiger partial charge in [0.2, 0.25) is 0 Å². The lowest BCUT2D eigenvalue weighted by molar-refractivity contribution is -0.139. The average Bonchev–Trinajstić information content (AvgIpc) is 2.32. The summed E-state index contributed by atoms with van der Waals surface area (Å²) in [4.78, 5) is 13.4. The van der Waals surface area contributed by atoms with Crippen LogP contribution in [-0.2, 0) is 16.0 Å². The molecular weight excluding hydrogens is 281 g/mol. The van der Waals surface area contributed by atoms with Crippen LogP contribution in [0.15, 0.2) is 17.2 Å². The Morgan fingerprint density at radius 1 is 1.67 bits per heavy atom. The van der Waals surface area contributed by atoms with Crippen LogP contribution >= 0.6 is 23.8 Å². The van der Waals surface area contributed by atoms with Gasteiger partial charge in [-0.3, -0.25) is 4.79 Å². The first-order chi connectivity index (χ1) is 8.49. The summed E-state index contributed by atoms with van der Waals surface area (Å²) in [6, 6.07) is 2.28. The summed E-state index contributed by atoms with van der Waals surface area (Å²) in [5, 5.41) is 3.21. The molecule has 0 N–H and O–H groups in total. The van der Waals surface area contributed by atoms with Crippen LogP contribution in [0.1, 0.15) is 11.1 Å². The zero-order valence-corrected chi connectivity index (χ0v) is 10.8. The van der Waals surface area contributed by atoms with Crippen LogP contribution in [0.4, 0.5) is 4.39 Å². The van der Waals surface area contributed by atoms with Gasteiger partial charge in [-0.05, 0) is 28.3 Å². The number of benzene rings is 1. The van der Waals surface area contributed by atoms with Crippen molar-refractivity contribution in [1.29, 1.82) is 0 Å². The lowest BCUT2D eigenvalue weighted by Crippen LogP contribution is -2.07. The van der Waals surface area contributed by atoms with Crippen molar-refractivity contribution < 1.29 is 13.9 Å². The molecule has 0 aliphatic heterocycles. The Labute approximate surface area is 112 Å². The normalized spacial score (nSPS) is 9.50. The van der Waals surface area contributed by atoms with Crippen molar-refractivity contribution in [2.75, 3.05) is 7.11 Å². The first-order valence-corrected chi connectivity index (χ1v) is 5.42. The van der Waals surface area contributed by atoms with Crippen LogP contribution in [0.5, 0.6) is 0 Å². The first kappa shape index (κ1) is 14.4. The lowest BCUT2D eigenvalue weighted by Gasteiger charge is -2.07. The number of methoxy groups -OCH3 is 1. The van der Waals surface area contributed by atoms with E-state index >= 15 is 0 Å². The van der Waals surface area contributed by atoms with Gasteiger partial charge in [0, 0.05) is 15.5 Å². The SMILES string of the molecule is COC(=O)Cc1cc(C(=S)N=[N+]=[N-])c(F)cc1Cl. The van der Waals surface area contributed by atoms with E-state index in [1.54, 1.807) is 0 Å². The highest BCUT2D eigenvalue weighted by atomic mass is 35.5. The number of nitrogens with zero attached hydrogens (tertiary/aromatic N) is 3. The van der Waals surface area contributed by atoms with E-state index in [-0.39, 0.29) is 22.0 Å². The zero-order valence-electron chi connectivity index (χ0n) is 9.18. The van der Waals surface area contributed by atoms with Crippen LogP contribution in [0.3, 0.4) is 0 Å². The second-order valence-corrected chi connectivity index (χ2v) is 3.96. The number of carbonyl (C=O) groups is 1. The largest absolute Gasteiger partial charge is 0.469 e. The van der Waals surface area contributed by atoms with Crippen LogP contribution in [0.25, 0.3) is 10.4 Å². The molecule has 0 aliphatic rings. The maximum absolute atomic E-state index is 13.6. The van der Waals surface area contributed by atoms with Gasteiger partial charge in [0.25, 0.3) is 0 Å². The van der Waals surface area contributed by atoms with Crippen molar-refractivity contribution in [2.24, 2.45) is 5.11 Å². The number of ether oxygens (including phenoxy) is 1. The van der Waals surface area contributed by atoms with E-state index < -0.39 is 11.8 Å². The maximum atomic E-state index is 13.6. The molecule has 8 heteroatoms. The van der Waals surface area contributed by atoms with Crippen LogP contribution in [-0.4, -0.2) is 18.1 Å². The van der Waals surface area contributed by atoms with Crippen molar-refractivity contribution in [3.8, 4) is 0 Å². The molecule has 0 atom stereocenters. The number of esters is 1. The lowest BCUT2D eigenvalue weighted by atomic mass is 10.1. The second kappa shape index (κ2) is 6.30. The van der Waals surface area contributed by atoms with Gasteiger partial charge >= 0.3 is 5.97 Å². The summed E-state index contributed by atoms with van der Waals surface area (Å²) in [7, 11) is 1.23. The summed E-state index contributed by atoms with van der Waals surface area (Å²) in [5.41, 5.74) is 8.51. The topological polar surface area (TPSA) is 75.1 Å². The van der Waals surface area contributed by atoms with E-state index in [4.69, 9.17) is 29.3 Å². The molecule has 18 heavy (non-hydrogen) atoms. The fourth-order valence-corrected chi connectivity index (χ4v) is 1.63. The monoisotopic (exact) mass is 287 g/mol. The van der Waals surface area contributed by atoms with Gasteiger partial charge in [0.05, 0.1) is 13.5 Å². The molecule has 0 aromatic heterocycles. The van der Waals surface area contributed by atoms with Gasteiger partial charge in [-0.2, -0.15) is 0 Å². The van der Waals surface area contributed by atoms with Gasteiger partial charge in [-0.1, -0.05) is 23.8 Å². The maximum Gasteiger partial charge on any atom is 0.310 e. The van der Waals surface area contributed by atoms with Crippen molar-refractivity contribution in [1.82, 2.24) is 0 Å². The molecule has 0 heterocycles. The van der Waals surface area contributed by atoms with Crippen LogP contribution in [0, 0.1) is 5.82 Å². The van der Waals surface area contributed by atoms with Crippen LogP contribution in [0.2, 0.25) is 5.02 Å². The van der Waals surface area contributed by atoms with Gasteiger partial charge in [0.15, 0.2) is 0 Å². The van der Waals surface area contributed by atoms with E-state index in [0.29, 0.717) is 5.56 Å². The predicted molar refractivity (Wildman–Crippen MR) is 68.0 cm³/mol.